The van der Waals surface area contributed by atoms with Gasteiger partial charge in [-0.25, -0.2) is 14.2 Å². The zero-order valence-electron chi connectivity index (χ0n) is 26.5. The van der Waals surface area contributed by atoms with E-state index in [4.69, 9.17) is 19.2 Å². The Kier molecular flexibility index (Phi) is 10.0. The molecule has 1 spiro atoms. The van der Waals surface area contributed by atoms with E-state index in [1.54, 1.807) is 39.0 Å². The van der Waals surface area contributed by atoms with Crippen molar-refractivity contribution in [2.75, 3.05) is 33.1 Å². The van der Waals surface area contributed by atoms with Crippen LogP contribution < -0.4 is 16.1 Å². The summed E-state index contributed by atoms with van der Waals surface area (Å²) in [5.74, 6) is -5.46. The molecule has 0 saturated carbocycles. The Labute approximate surface area is 270 Å². The van der Waals surface area contributed by atoms with Crippen LogP contribution >= 0.6 is 0 Å². The highest BCUT2D eigenvalue weighted by Gasteiger charge is 2.50. The second-order valence-corrected chi connectivity index (χ2v) is 12.5. The normalized spacial score (nSPS) is 26.2. The molecular formula is C33H39F2N5O7. The summed E-state index contributed by atoms with van der Waals surface area (Å²) in [6.07, 6.45) is 2.67. The summed E-state index contributed by atoms with van der Waals surface area (Å²) in [6.45, 7) is 5.50. The Balaban J connectivity index is 1.55. The van der Waals surface area contributed by atoms with Gasteiger partial charge in [0.05, 0.1) is 30.5 Å². The molecule has 12 nitrogen and oxygen atoms in total. The van der Waals surface area contributed by atoms with Crippen LogP contribution in [0.5, 0.6) is 0 Å². The van der Waals surface area contributed by atoms with E-state index < -0.39 is 79.7 Å². The highest BCUT2D eigenvalue weighted by Crippen LogP contribution is 2.35. The number of amides is 3. The molecule has 0 unspecified atom stereocenters. The van der Waals surface area contributed by atoms with Crippen molar-refractivity contribution in [3.8, 4) is 0 Å². The monoisotopic (exact) mass is 655 g/mol. The Morgan fingerprint density at radius 1 is 1.06 bits per heavy atom. The average molecular weight is 656 g/mol. The smallest absolute Gasteiger partial charge is 0.321 e. The number of pyridine rings is 1. The lowest BCUT2D eigenvalue weighted by Gasteiger charge is -2.41. The van der Waals surface area contributed by atoms with Gasteiger partial charge in [-0.15, -0.1) is 0 Å². The molecular weight excluding hydrogens is 616 g/mol. The van der Waals surface area contributed by atoms with Gasteiger partial charge >= 0.3 is 5.97 Å². The second-order valence-electron chi connectivity index (χ2n) is 12.5. The Hall–Kier alpha value is -4.27. The maximum absolute atomic E-state index is 13.9. The van der Waals surface area contributed by atoms with Gasteiger partial charge < -0.3 is 24.8 Å². The van der Waals surface area contributed by atoms with Gasteiger partial charge in [-0.2, -0.15) is 0 Å². The molecule has 4 heterocycles. The Morgan fingerprint density at radius 2 is 1.77 bits per heavy atom. The predicted molar refractivity (Wildman–Crippen MR) is 166 cm³/mol. The van der Waals surface area contributed by atoms with Crippen LogP contribution in [0.1, 0.15) is 50.9 Å². The number of alkyl halides is 2. The summed E-state index contributed by atoms with van der Waals surface area (Å²) < 4.78 is 44.1. The molecule has 0 aliphatic carbocycles. The van der Waals surface area contributed by atoms with Crippen LogP contribution in [0.15, 0.2) is 48.7 Å². The first-order valence-electron chi connectivity index (χ1n) is 15.5. The van der Waals surface area contributed by atoms with E-state index in [-0.39, 0.29) is 18.1 Å². The number of hydrogen-bond donors (Lipinski definition) is 3. The fourth-order valence-electron chi connectivity index (χ4n) is 5.50. The lowest BCUT2D eigenvalue weighted by Crippen LogP contribution is -2.59. The number of hydrogen-bond acceptors (Lipinski definition) is 9. The van der Waals surface area contributed by atoms with Crippen molar-refractivity contribution in [1.29, 1.82) is 0 Å². The molecule has 2 saturated heterocycles. The summed E-state index contributed by atoms with van der Waals surface area (Å²) in [7, 11) is 0. The molecule has 0 radical (unpaired) electrons. The number of benzene rings is 1. The zero-order chi connectivity index (χ0) is 33.9. The molecule has 5 bridgehead atoms. The van der Waals surface area contributed by atoms with E-state index in [0.29, 0.717) is 29.6 Å². The standard InChI is InChI=1S/C33H39F2N5O7/c1-19(2)27-29(42)37-21(4)30(43)40-13-5-6-25(39-40)28(41)36-20(3)24-10-9-23-8-7-22(14-26(23)38-24)11-12-32(31(44)47-27)17-45-33(15-34,16-35)46-18-32/h7-12,14,19-20,25,27,39H,4-6,13,15-18H2,1-3H3,(H,36,41)(H,37,42)/b12-11+/t20-,25+,27+/m1/s1. The van der Waals surface area contributed by atoms with E-state index in [1.165, 1.54) is 11.1 Å². The fraction of sp³-hybridized carbons (Fsp3) is 0.485. The van der Waals surface area contributed by atoms with Gasteiger partial charge in [-0.3, -0.25) is 29.2 Å². The number of halogens is 2. The Morgan fingerprint density at radius 3 is 2.45 bits per heavy atom. The molecule has 47 heavy (non-hydrogen) atoms. The minimum absolute atomic E-state index is 0.262. The fourth-order valence-corrected chi connectivity index (χ4v) is 5.50. The molecule has 1 aromatic heterocycles. The lowest BCUT2D eigenvalue weighted by atomic mass is 9.87. The van der Waals surface area contributed by atoms with Crippen molar-refractivity contribution in [2.24, 2.45) is 11.3 Å². The van der Waals surface area contributed by atoms with E-state index in [2.05, 4.69) is 22.6 Å². The SMILES string of the molecule is C=C1NC(=O)[C@H](C(C)C)OC(=O)C2(/C=C/c3ccc4ccc(nc4c3)[C@@H](C)NC(=O)[C@@H]3CCCN(N3)C1=O)COC(CF)(CF)OC2. The maximum Gasteiger partial charge on any atom is 0.321 e. The van der Waals surface area contributed by atoms with Gasteiger partial charge in [-0.05, 0) is 43.4 Å². The van der Waals surface area contributed by atoms with Gasteiger partial charge in [0, 0.05) is 11.9 Å². The first-order chi connectivity index (χ1) is 22.4. The van der Waals surface area contributed by atoms with Gasteiger partial charge in [-0.1, -0.05) is 50.8 Å². The summed E-state index contributed by atoms with van der Waals surface area (Å²) >= 11 is 0. The third kappa shape index (κ3) is 7.19. The summed E-state index contributed by atoms with van der Waals surface area (Å²) in [5.41, 5.74) is 2.77. The summed E-state index contributed by atoms with van der Waals surface area (Å²) in [4.78, 5) is 58.5. The Bertz CT molecular complexity index is 1580. The van der Waals surface area contributed by atoms with Crippen molar-refractivity contribution >= 4 is 40.7 Å². The third-order valence-electron chi connectivity index (χ3n) is 8.51. The van der Waals surface area contributed by atoms with Crippen molar-refractivity contribution in [3.63, 3.8) is 0 Å². The van der Waals surface area contributed by atoms with Crippen molar-refractivity contribution in [1.82, 2.24) is 26.1 Å². The molecule has 3 amide bonds. The van der Waals surface area contributed by atoms with Gasteiger partial charge in [0.2, 0.25) is 11.7 Å². The quantitative estimate of drug-likeness (QED) is 0.336. The molecule has 3 atom stereocenters. The summed E-state index contributed by atoms with van der Waals surface area (Å²) in [6, 6.07) is 7.90. The number of carbonyl (C=O) groups is 4. The number of fused-ring (bicyclic) bond motifs is 4. The molecule has 252 valence electrons. The van der Waals surface area contributed by atoms with Crippen molar-refractivity contribution < 1.29 is 42.2 Å². The minimum atomic E-state index is -2.16. The molecule has 3 aliphatic heterocycles. The van der Waals surface area contributed by atoms with Crippen LogP contribution in [0.4, 0.5) is 8.78 Å². The molecule has 14 heteroatoms. The average Bonchev–Trinajstić information content (AvgIpc) is 3.08. The van der Waals surface area contributed by atoms with E-state index in [1.807, 2.05) is 18.2 Å². The van der Waals surface area contributed by atoms with Gasteiger partial charge in [0.15, 0.2) is 6.10 Å². The van der Waals surface area contributed by atoms with Crippen molar-refractivity contribution in [3.05, 3.63) is 59.9 Å². The zero-order valence-corrected chi connectivity index (χ0v) is 26.5. The molecule has 5 rings (SSSR count). The first-order valence-corrected chi connectivity index (χ1v) is 15.5. The number of nitrogens with one attached hydrogen (secondary N) is 3. The van der Waals surface area contributed by atoms with Crippen LogP contribution in [0.2, 0.25) is 0 Å². The number of cyclic esters (lactones) is 1. The molecule has 2 fully saturated rings. The van der Waals surface area contributed by atoms with Crippen LogP contribution in [0.3, 0.4) is 0 Å². The number of ether oxygens (including phenoxy) is 3. The number of esters is 1. The molecule has 2 aromatic rings. The van der Waals surface area contributed by atoms with Crippen LogP contribution in [0.25, 0.3) is 17.0 Å². The highest BCUT2D eigenvalue weighted by molar-refractivity contribution is 5.98. The number of hydrazine groups is 1. The summed E-state index contributed by atoms with van der Waals surface area (Å²) in [5, 5.41) is 7.43. The lowest BCUT2D eigenvalue weighted by molar-refractivity contribution is -0.305. The van der Waals surface area contributed by atoms with Crippen molar-refractivity contribution in [2.45, 2.75) is 57.6 Å². The van der Waals surface area contributed by atoms with E-state index in [0.717, 1.165) is 5.39 Å². The molecule has 3 aliphatic rings. The number of carbonyl (C=O) groups excluding carboxylic acids is 4. The topological polar surface area (TPSA) is 148 Å². The number of rotatable bonds is 3. The van der Waals surface area contributed by atoms with E-state index >= 15 is 0 Å². The van der Waals surface area contributed by atoms with Gasteiger partial charge in [0.25, 0.3) is 11.8 Å². The second kappa shape index (κ2) is 13.8. The first kappa shape index (κ1) is 34.1. The van der Waals surface area contributed by atoms with Crippen LogP contribution in [-0.2, 0) is 33.4 Å². The van der Waals surface area contributed by atoms with Crippen LogP contribution in [-0.4, -0.2) is 84.7 Å². The number of aromatic nitrogens is 1. The molecule has 3 N–H and O–H groups in total. The van der Waals surface area contributed by atoms with E-state index in [9.17, 15) is 28.0 Å². The minimum Gasteiger partial charge on any atom is -0.451 e. The predicted octanol–water partition coefficient (Wildman–Crippen LogP) is 2.80. The molecule has 1 aromatic carbocycles. The maximum atomic E-state index is 13.9. The van der Waals surface area contributed by atoms with Gasteiger partial charge in [0.1, 0.15) is 30.5 Å². The number of nitrogens with zero attached hydrogens (tertiary/aromatic N) is 2. The highest BCUT2D eigenvalue weighted by atomic mass is 19.1. The third-order valence-corrected chi connectivity index (χ3v) is 8.51. The van der Waals surface area contributed by atoms with Crippen LogP contribution in [0, 0.1) is 11.3 Å². The largest absolute Gasteiger partial charge is 0.451 e.